The van der Waals surface area contributed by atoms with E-state index in [0.717, 1.165) is 25.8 Å². The number of nitrogens with one attached hydrogen (secondary N) is 1. The van der Waals surface area contributed by atoms with Crippen molar-refractivity contribution in [1.29, 1.82) is 5.26 Å². The van der Waals surface area contributed by atoms with Crippen LogP contribution in [0.1, 0.15) is 26.3 Å². The normalized spacial score (nSPS) is 11.9. The maximum absolute atomic E-state index is 10.7. The van der Waals surface area contributed by atoms with Crippen LogP contribution in [0.3, 0.4) is 0 Å². The number of rotatable bonds is 7. The fraction of sp³-hybridized carbons (Fsp3) is 0.538. The first-order valence-corrected chi connectivity index (χ1v) is 6.55. The lowest BCUT2D eigenvalue weighted by Gasteiger charge is -2.23. The number of pyridine rings is 1. The van der Waals surface area contributed by atoms with Crippen molar-refractivity contribution in [2.75, 3.05) is 25.0 Å². The van der Waals surface area contributed by atoms with Crippen molar-refractivity contribution in [3.05, 3.63) is 27.9 Å². The van der Waals surface area contributed by atoms with Gasteiger partial charge >= 0.3 is 0 Å². The van der Waals surface area contributed by atoms with Gasteiger partial charge in [-0.05, 0) is 20.0 Å². The summed E-state index contributed by atoms with van der Waals surface area (Å²) >= 11 is 0. The van der Waals surface area contributed by atoms with Crippen molar-refractivity contribution in [3.8, 4) is 6.07 Å². The lowest BCUT2D eigenvalue weighted by molar-refractivity contribution is -0.385. The van der Waals surface area contributed by atoms with Crippen molar-refractivity contribution >= 4 is 11.5 Å². The zero-order valence-electron chi connectivity index (χ0n) is 12.0. The van der Waals surface area contributed by atoms with Crippen molar-refractivity contribution in [2.24, 2.45) is 0 Å². The van der Waals surface area contributed by atoms with E-state index >= 15 is 0 Å². The Morgan fingerprint density at radius 3 is 2.70 bits per heavy atom. The van der Waals surface area contributed by atoms with E-state index in [4.69, 9.17) is 5.26 Å². The smallest absolute Gasteiger partial charge is 0.289 e. The van der Waals surface area contributed by atoms with Gasteiger partial charge in [-0.1, -0.05) is 13.8 Å². The quantitative estimate of drug-likeness (QED) is 0.605. The molecule has 1 unspecified atom stereocenters. The summed E-state index contributed by atoms with van der Waals surface area (Å²) in [5.41, 5.74) is 0.00842. The fourth-order valence-electron chi connectivity index (χ4n) is 1.90. The van der Waals surface area contributed by atoms with E-state index in [9.17, 15) is 10.1 Å². The molecule has 0 saturated carbocycles. The Bertz CT molecular complexity index is 508. The van der Waals surface area contributed by atoms with E-state index < -0.39 is 4.92 Å². The maximum Gasteiger partial charge on any atom is 0.289 e. The molecule has 0 aliphatic rings. The Labute approximate surface area is 118 Å². The van der Waals surface area contributed by atoms with Gasteiger partial charge in [0, 0.05) is 18.7 Å². The summed E-state index contributed by atoms with van der Waals surface area (Å²) in [6.07, 6.45) is 1.16. The molecule has 0 bridgehead atoms. The standard InChI is InChI=1S/C13H19N5O2/c1-4-17(5-2)9-10(3)16-13-11(7-14)6-12(8-15-13)18(19)20/h6,8,10H,4-5,9H2,1-3H3,(H,15,16). The molecule has 1 aromatic heterocycles. The largest absolute Gasteiger partial charge is 0.365 e. The second kappa shape index (κ2) is 7.40. The molecule has 0 amide bonds. The van der Waals surface area contributed by atoms with Gasteiger partial charge in [0.15, 0.2) is 0 Å². The number of anilines is 1. The van der Waals surface area contributed by atoms with Crippen LogP contribution in [0, 0.1) is 21.4 Å². The van der Waals surface area contributed by atoms with Crippen molar-refractivity contribution in [3.63, 3.8) is 0 Å². The minimum atomic E-state index is -0.559. The predicted octanol–water partition coefficient (Wildman–Crippen LogP) is 2.00. The number of aromatic nitrogens is 1. The van der Waals surface area contributed by atoms with Gasteiger partial charge < -0.3 is 10.2 Å². The Kier molecular flexibility index (Phi) is 5.87. The van der Waals surface area contributed by atoms with Crippen LogP contribution in [0.25, 0.3) is 0 Å². The van der Waals surface area contributed by atoms with Crippen molar-refractivity contribution in [2.45, 2.75) is 26.8 Å². The number of hydrogen-bond donors (Lipinski definition) is 1. The van der Waals surface area contributed by atoms with Gasteiger partial charge in [-0.15, -0.1) is 0 Å². The zero-order valence-corrected chi connectivity index (χ0v) is 12.0. The average molecular weight is 277 g/mol. The van der Waals surface area contributed by atoms with E-state index in [0.29, 0.717) is 5.82 Å². The maximum atomic E-state index is 10.7. The van der Waals surface area contributed by atoms with E-state index in [1.807, 2.05) is 13.0 Å². The summed E-state index contributed by atoms with van der Waals surface area (Å²) in [4.78, 5) is 16.3. The zero-order chi connectivity index (χ0) is 15.1. The predicted molar refractivity (Wildman–Crippen MR) is 76.5 cm³/mol. The van der Waals surface area contributed by atoms with Crippen LogP contribution in [-0.4, -0.2) is 40.5 Å². The van der Waals surface area contributed by atoms with Crippen LogP contribution in [-0.2, 0) is 0 Å². The summed E-state index contributed by atoms with van der Waals surface area (Å²) < 4.78 is 0. The number of likely N-dealkylation sites (N-methyl/N-ethyl adjacent to an activating group) is 1. The molecule has 0 spiro atoms. The van der Waals surface area contributed by atoms with Crippen LogP contribution in [0.2, 0.25) is 0 Å². The summed E-state index contributed by atoms with van der Waals surface area (Å²) in [6.45, 7) is 8.86. The highest BCUT2D eigenvalue weighted by Gasteiger charge is 2.14. The Hall–Kier alpha value is -2.20. The van der Waals surface area contributed by atoms with Crippen LogP contribution in [0.15, 0.2) is 12.3 Å². The molecule has 7 nitrogen and oxygen atoms in total. The Morgan fingerprint density at radius 1 is 1.55 bits per heavy atom. The molecule has 0 fully saturated rings. The summed E-state index contributed by atoms with van der Waals surface area (Å²) in [6, 6.07) is 3.26. The van der Waals surface area contributed by atoms with Gasteiger partial charge in [-0.2, -0.15) is 5.26 Å². The minimum absolute atomic E-state index is 0.0935. The van der Waals surface area contributed by atoms with E-state index in [2.05, 4.69) is 29.0 Å². The molecule has 0 radical (unpaired) electrons. The number of hydrogen-bond acceptors (Lipinski definition) is 6. The highest BCUT2D eigenvalue weighted by atomic mass is 16.6. The highest BCUT2D eigenvalue weighted by molar-refractivity contribution is 5.55. The third-order valence-corrected chi connectivity index (χ3v) is 3.01. The van der Waals surface area contributed by atoms with Crippen LogP contribution in [0.4, 0.5) is 11.5 Å². The number of nitriles is 1. The Morgan fingerprint density at radius 2 is 2.20 bits per heavy atom. The summed E-state index contributed by atoms with van der Waals surface area (Å²) in [5.74, 6) is 0.387. The van der Waals surface area contributed by atoms with Crippen molar-refractivity contribution < 1.29 is 4.92 Å². The first-order chi connectivity index (χ1) is 9.51. The minimum Gasteiger partial charge on any atom is -0.365 e. The van der Waals surface area contributed by atoms with E-state index in [1.54, 1.807) is 0 Å². The highest BCUT2D eigenvalue weighted by Crippen LogP contribution is 2.18. The molecule has 20 heavy (non-hydrogen) atoms. The second-order valence-corrected chi connectivity index (χ2v) is 4.49. The Balaban J connectivity index is 2.82. The topological polar surface area (TPSA) is 95.1 Å². The number of nitrogens with zero attached hydrogens (tertiary/aromatic N) is 4. The van der Waals surface area contributed by atoms with Gasteiger partial charge in [0.25, 0.3) is 5.69 Å². The molecule has 108 valence electrons. The molecule has 0 aliphatic carbocycles. The van der Waals surface area contributed by atoms with Gasteiger partial charge in [0.1, 0.15) is 23.6 Å². The first-order valence-electron chi connectivity index (χ1n) is 6.55. The average Bonchev–Trinajstić information content (AvgIpc) is 2.44. The second-order valence-electron chi connectivity index (χ2n) is 4.49. The summed E-state index contributed by atoms with van der Waals surface area (Å²) in [7, 11) is 0. The first kappa shape index (κ1) is 15.9. The van der Waals surface area contributed by atoms with Crippen LogP contribution < -0.4 is 5.32 Å². The van der Waals surface area contributed by atoms with Gasteiger partial charge in [-0.25, -0.2) is 4.98 Å². The van der Waals surface area contributed by atoms with E-state index in [1.165, 1.54) is 6.07 Å². The van der Waals surface area contributed by atoms with Gasteiger partial charge in [0.2, 0.25) is 0 Å². The monoisotopic (exact) mass is 277 g/mol. The van der Waals surface area contributed by atoms with Gasteiger partial charge in [-0.3, -0.25) is 10.1 Å². The third kappa shape index (κ3) is 4.17. The number of nitro groups is 1. The lowest BCUT2D eigenvalue weighted by atomic mass is 10.2. The molecular formula is C13H19N5O2. The molecule has 1 aromatic rings. The molecule has 1 rings (SSSR count). The lowest BCUT2D eigenvalue weighted by Crippen LogP contribution is -2.35. The molecule has 0 aromatic carbocycles. The summed E-state index contributed by atoms with van der Waals surface area (Å²) in [5, 5.41) is 22.8. The SMILES string of the molecule is CCN(CC)CC(C)Nc1ncc([N+](=O)[O-])cc1C#N. The van der Waals surface area contributed by atoms with Crippen LogP contribution in [0.5, 0.6) is 0 Å². The molecular weight excluding hydrogens is 258 g/mol. The molecule has 0 aliphatic heterocycles. The van der Waals surface area contributed by atoms with Crippen molar-refractivity contribution in [1.82, 2.24) is 9.88 Å². The van der Waals surface area contributed by atoms with Crippen LogP contribution >= 0.6 is 0 Å². The molecule has 1 atom stereocenters. The van der Waals surface area contributed by atoms with E-state index in [-0.39, 0.29) is 17.3 Å². The fourth-order valence-corrected chi connectivity index (χ4v) is 1.90. The molecule has 7 heteroatoms. The van der Waals surface area contributed by atoms with Gasteiger partial charge in [0.05, 0.1) is 4.92 Å². The third-order valence-electron chi connectivity index (χ3n) is 3.01. The molecule has 1 heterocycles. The molecule has 1 N–H and O–H groups in total. The molecule has 0 saturated heterocycles.